The van der Waals surface area contributed by atoms with Crippen LogP contribution in [0, 0.1) is 0 Å². The zero-order valence-electron chi connectivity index (χ0n) is 8.33. The van der Waals surface area contributed by atoms with Gasteiger partial charge in [-0.3, -0.25) is 0 Å². The Kier molecular flexibility index (Phi) is 5.28. The summed E-state index contributed by atoms with van der Waals surface area (Å²) in [6.45, 7) is 15.0. The Hall–Kier alpha value is -1.57. The Morgan fingerprint density at radius 1 is 1.31 bits per heavy atom. The Labute approximate surface area is 80.3 Å². The monoisotopic (exact) mass is 176 g/mol. The molecule has 0 heterocycles. The minimum absolute atomic E-state index is 0.735. The van der Waals surface area contributed by atoms with Gasteiger partial charge in [0.1, 0.15) is 0 Å². The van der Waals surface area contributed by atoms with Crippen LogP contribution in [0.1, 0.15) is 13.8 Å². The molecular weight excluding hydrogens is 160 g/mol. The maximum Gasteiger partial charge on any atom is 0.0567 e. The van der Waals surface area contributed by atoms with Gasteiger partial charge in [-0.15, -0.1) is 0 Å². The highest BCUT2D eigenvalue weighted by Crippen LogP contribution is 2.06. The number of hydrazone groups is 1. The molecule has 0 radical (unpaired) electrons. The van der Waals surface area contributed by atoms with Crippen LogP contribution in [0.5, 0.6) is 0 Å². The third kappa shape index (κ3) is 4.80. The number of hydrogen-bond acceptors (Lipinski definition) is 2. The van der Waals surface area contributed by atoms with E-state index < -0.39 is 0 Å². The van der Waals surface area contributed by atoms with E-state index in [0.717, 1.165) is 11.3 Å². The van der Waals surface area contributed by atoms with Crippen molar-refractivity contribution in [2.24, 2.45) is 5.10 Å². The third-order valence-electron chi connectivity index (χ3n) is 1.21. The summed E-state index contributed by atoms with van der Waals surface area (Å²) < 4.78 is 0. The van der Waals surface area contributed by atoms with Gasteiger partial charge < -0.3 is 0 Å². The molecule has 0 spiro atoms. The van der Waals surface area contributed by atoms with E-state index in [1.807, 2.05) is 20.0 Å². The maximum atomic E-state index is 4.10. The average molecular weight is 176 g/mol. The average Bonchev–Trinajstić information content (AvgIpc) is 2.10. The number of rotatable bonds is 5. The zero-order chi connectivity index (χ0) is 10.3. The molecule has 0 aliphatic heterocycles. The van der Waals surface area contributed by atoms with Crippen LogP contribution in [0.2, 0.25) is 0 Å². The molecule has 0 aromatic rings. The van der Waals surface area contributed by atoms with Crippen molar-refractivity contribution in [1.29, 1.82) is 0 Å². The van der Waals surface area contributed by atoms with Gasteiger partial charge in [0, 0.05) is 12.4 Å². The minimum atomic E-state index is 0.735. The quantitative estimate of drug-likeness (QED) is 0.357. The van der Waals surface area contributed by atoms with Crippen molar-refractivity contribution in [2.45, 2.75) is 13.8 Å². The van der Waals surface area contributed by atoms with Crippen LogP contribution < -0.4 is 0 Å². The second-order valence-electron chi connectivity index (χ2n) is 2.75. The number of allylic oxidation sites excluding steroid dienone is 3. The van der Waals surface area contributed by atoms with Crippen LogP contribution in [0.3, 0.4) is 0 Å². The topological polar surface area (TPSA) is 15.6 Å². The molecule has 0 unspecified atom stereocenters. The third-order valence-corrected chi connectivity index (χ3v) is 1.21. The molecule has 0 aromatic heterocycles. The Bertz CT molecular complexity index is 255. The van der Waals surface area contributed by atoms with Crippen LogP contribution in [-0.2, 0) is 0 Å². The van der Waals surface area contributed by atoms with Crippen molar-refractivity contribution in [3.63, 3.8) is 0 Å². The van der Waals surface area contributed by atoms with Gasteiger partial charge in [0.25, 0.3) is 0 Å². The van der Waals surface area contributed by atoms with Gasteiger partial charge in [0.05, 0.1) is 5.70 Å². The van der Waals surface area contributed by atoms with E-state index in [4.69, 9.17) is 0 Å². The lowest BCUT2D eigenvalue weighted by atomic mass is 10.3. The van der Waals surface area contributed by atoms with Crippen LogP contribution in [0.15, 0.2) is 54.5 Å². The number of nitrogens with zero attached hydrogens (tertiary/aromatic N) is 2. The molecule has 0 aliphatic rings. The summed E-state index contributed by atoms with van der Waals surface area (Å²) >= 11 is 0. The van der Waals surface area contributed by atoms with Gasteiger partial charge in [-0.25, -0.2) is 5.01 Å². The van der Waals surface area contributed by atoms with Gasteiger partial charge in [-0.2, -0.15) is 5.10 Å². The normalized spacial score (nSPS) is 9.38. The predicted octanol–water partition coefficient (Wildman–Crippen LogP) is 3.08. The van der Waals surface area contributed by atoms with E-state index in [2.05, 4.69) is 24.8 Å². The van der Waals surface area contributed by atoms with Crippen LogP contribution in [-0.4, -0.2) is 11.2 Å². The molecule has 13 heavy (non-hydrogen) atoms. The molecule has 0 aliphatic carbocycles. The molecule has 0 fully saturated rings. The highest BCUT2D eigenvalue weighted by molar-refractivity contribution is 5.69. The summed E-state index contributed by atoms with van der Waals surface area (Å²) in [7, 11) is 0. The fourth-order valence-electron chi connectivity index (χ4n) is 0.647. The lowest BCUT2D eigenvalue weighted by Crippen LogP contribution is -2.07. The first kappa shape index (κ1) is 11.4. The lowest BCUT2D eigenvalue weighted by molar-refractivity contribution is 0.515. The minimum Gasteiger partial charge on any atom is -0.242 e. The predicted molar refractivity (Wildman–Crippen MR) is 59.3 cm³/mol. The Morgan fingerprint density at radius 2 is 1.92 bits per heavy atom. The van der Waals surface area contributed by atoms with Gasteiger partial charge in [0.15, 0.2) is 0 Å². The van der Waals surface area contributed by atoms with Gasteiger partial charge >= 0.3 is 0 Å². The summed E-state index contributed by atoms with van der Waals surface area (Å²) in [5, 5.41) is 5.75. The first-order valence-electron chi connectivity index (χ1n) is 4.02. The second-order valence-corrected chi connectivity index (χ2v) is 2.75. The van der Waals surface area contributed by atoms with Crippen molar-refractivity contribution < 1.29 is 0 Å². The van der Waals surface area contributed by atoms with E-state index in [-0.39, 0.29) is 0 Å². The SMILES string of the molecule is C=C/C=N\N(C=C(C)C)C(=C)C=C. The highest BCUT2D eigenvalue weighted by Gasteiger charge is 1.96. The van der Waals surface area contributed by atoms with Crippen molar-refractivity contribution in [1.82, 2.24) is 5.01 Å². The number of hydrogen-bond donors (Lipinski definition) is 0. The molecule has 0 atom stereocenters. The fourth-order valence-corrected chi connectivity index (χ4v) is 0.647. The van der Waals surface area contributed by atoms with Crippen LogP contribution >= 0.6 is 0 Å². The summed E-state index contributed by atoms with van der Waals surface area (Å²) in [5.74, 6) is 0. The van der Waals surface area contributed by atoms with Gasteiger partial charge in [-0.1, -0.05) is 25.3 Å². The van der Waals surface area contributed by atoms with Gasteiger partial charge in [-0.05, 0) is 26.0 Å². The maximum absolute atomic E-state index is 4.10. The Balaban J connectivity index is 4.64. The second kappa shape index (κ2) is 6.00. The standard InChI is InChI=1S/C11H16N2/c1-6-8-12-13(9-10(3)4)11(5)7-2/h6-9H,1-2,5H2,3-4H3/b12-8-. The van der Waals surface area contributed by atoms with Crippen LogP contribution in [0.4, 0.5) is 0 Å². The van der Waals surface area contributed by atoms with Crippen molar-refractivity contribution in [3.8, 4) is 0 Å². The fraction of sp³-hybridized carbons (Fsp3) is 0.182. The summed E-state index contributed by atoms with van der Waals surface area (Å²) in [6.07, 6.45) is 6.75. The lowest BCUT2D eigenvalue weighted by Gasteiger charge is -2.14. The van der Waals surface area contributed by atoms with Gasteiger partial charge in [0.2, 0.25) is 0 Å². The first-order chi connectivity index (χ1) is 6.11. The molecule has 2 heteroatoms. The van der Waals surface area contributed by atoms with Crippen molar-refractivity contribution in [2.75, 3.05) is 0 Å². The highest BCUT2D eigenvalue weighted by atomic mass is 15.4. The first-order valence-corrected chi connectivity index (χ1v) is 4.02. The zero-order valence-corrected chi connectivity index (χ0v) is 8.33. The van der Waals surface area contributed by atoms with Crippen molar-refractivity contribution >= 4 is 6.21 Å². The van der Waals surface area contributed by atoms with Crippen molar-refractivity contribution in [3.05, 3.63) is 49.4 Å². The molecule has 0 bridgehead atoms. The smallest absolute Gasteiger partial charge is 0.0567 e. The molecule has 0 N–H and O–H groups in total. The van der Waals surface area contributed by atoms with E-state index in [1.54, 1.807) is 23.4 Å². The van der Waals surface area contributed by atoms with E-state index in [1.165, 1.54) is 0 Å². The molecular formula is C11H16N2. The molecule has 2 nitrogen and oxygen atoms in total. The molecule has 0 rings (SSSR count). The largest absolute Gasteiger partial charge is 0.242 e. The molecule has 70 valence electrons. The van der Waals surface area contributed by atoms with Crippen LogP contribution in [0.25, 0.3) is 0 Å². The van der Waals surface area contributed by atoms with E-state index >= 15 is 0 Å². The Morgan fingerprint density at radius 3 is 2.31 bits per heavy atom. The summed E-state index contributed by atoms with van der Waals surface area (Å²) in [6, 6.07) is 0. The molecule has 0 saturated carbocycles. The summed E-state index contributed by atoms with van der Waals surface area (Å²) in [4.78, 5) is 0. The molecule has 0 saturated heterocycles. The molecule has 0 amide bonds. The van der Waals surface area contributed by atoms with E-state index in [0.29, 0.717) is 0 Å². The summed E-state index contributed by atoms with van der Waals surface area (Å²) in [5.41, 5.74) is 1.88. The molecule has 0 aromatic carbocycles. The van der Waals surface area contributed by atoms with E-state index in [9.17, 15) is 0 Å².